The molecule has 1 nitrogen and oxygen atoms in total. The molecule has 0 aromatic heterocycles. The Morgan fingerprint density at radius 2 is 1.78 bits per heavy atom. The molecule has 0 unspecified atom stereocenters. The Hall–Kier alpha value is -1.54. The first-order chi connectivity index (χ1) is 8.85. The van der Waals surface area contributed by atoms with Gasteiger partial charge in [0.05, 0.1) is 7.11 Å². The molecule has 0 amide bonds. The smallest absolute Gasteiger partial charge is 0.119 e. The second-order valence-electron chi connectivity index (χ2n) is 3.87. The molecular weight excluding hydrogens is 288 g/mol. The summed E-state index contributed by atoms with van der Waals surface area (Å²) in [6.45, 7) is 0. The zero-order valence-corrected chi connectivity index (χ0v) is 11.9. The number of allylic oxidation sites excluding steroid dienone is 1. The van der Waals surface area contributed by atoms with Crippen LogP contribution in [0, 0.1) is 0 Å². The van der Waals surface area contributed by atoms with Gasteiger partial charge in [0, 0.05) is 5.33 Å². The van der Waals surface area contributed by atoms with Crippen molar-refractivity contribution in [1.29, 1.82) is 0 Å². The molecule has 92 valence electrons. The Morgan fingerprint density at radius 3 is 2.44 bits per heavy atom. The quantitative estimate of drug-likeness (QED) is 0.754. The van der Waals surface area contributed by atoms with Gasteiger partial charge in [-0.25, -0.2) is 0 Å². The first-order valence-electron chi connectivity index (χ1n) is 5.81. The lowest BCUT2D eigenvalue weighted by Crippen LogP contribution is -1.90. The molecule has 2 heteroatoms. The van der Waals surface area contributed by atoms with Crippen molar-refractivity contribution in [1.82, 2.24) is 0 Å². The van der Waals surface area contributed by atoms with Crippen molar-refractivity contribution >= 4 is 21.5 Å². The van der Waals surface area contributed by atoms with E-state index in [1.54, 1.807) is 7.11 Å². The number of rotatable bonds is 4. The van der Waals surface area contributed by atoms with Crippen LogP contribution in [0.15, 0.2) is 60.7 Å². The molecule has 0 aliphatic rings. The van der Waals surface area contributed by atoms with Crippen molar-refractivity contribution in [2.24, 2.45) is 0 Å². The molecule has 0 aliphatic carbocycles. The van der Waals surface area contributed by atoms with Crippen molar-refractivity contribution in [3.8, 4) is 5.75 Å². The minimum Gasteiger partial charge on any atom is -0.497 e. The van der Waals surface area contributed by atoms with Gasteiger partial charge in [0.1, 0.15) is 5.75 Å². The standard InChI is InChI=1S/C16H15BrO/c1-18-15-9-5-8-14(12-15)16(10-11-17)13-6-3-2-4-7-13/h2-10,12H,11H2,1H3. The fourth-order valence-corrected chi connectivity index (χ4v) is 2.21. The number of halogens is 1. The number of ether oxygens (including phenoxy) is 1. The van der Waals surface area contributed by atoms with Crippen LogP contribution in [0.5, 0.6) is 5.75 Å². The second-order valence-corrected chi connectivity index (χ2v) is 4.52. The summed E-state index contributed by atoms with van der Waals surface area (Å²) in [7, 11) is 1.69. The fraction of sp³-hybridized carbons (Fsp3) is 0.125. The molecule has 0 N–H and O–H groups in total. The predicted molar refractivity (Wildman–Crippen MR) is 80.3 cm³/mol. The monoisotopic (exact) mass is 302 g/mol. The van der Waals surface area contributed by atoms with Crippen LogP contribution >= 0.6 is 15.9 Å². The van der Waals surface area contributed by atoms with Crippen molar-refractivity contribution in [2.45, 2.75) is 0 Å². The van der Waals surface area contributed by atoms with E-state index in [2.05, 4.69) is 58.4 Å². The fourth-order valence-electron chi connectivity index (χ4n) is 1.89. The molecule has 2 aromatic rings. The van der Waals surface area contributed by atoms with Crippen LogP contribution in [0.1, 0.15) is 11.1 Å². The third-order valence-corrected chi connectivity index (χ3v) is 3.07. The van der Waals surface area contributed by atoms with Crippen LogP contribution < -0.4 is 4.74 Å². The molecule has 2 rings (SSSR count). The van der Waals surface area contributed by atoms with Crippen LogP contribution in [0.2, 0.25) is 0 Å². The molecule has 0 atom stereocenters. The van der Waals surface area contributed by atoms with E-state index in [0.717, 1.165) is 11.1 Å². The highest BCUT2D eigenvalue weighted by molar-refractivity contribution is 9.09. The lowest BCUT2D eigenvalue weighted by Gasteiger charge is -2.09. The van der Waals surface area contributed by atoms with E-state index in [4.69, 9.17) is 4.74 Å². The zero-order chi connectivity index (χ0) is 12.8. The summed E-state index contributed by atoms with van der Waals surface area (Å²) < 4.78 is 5.28. The number of alkyl halides is 1. The van der Waals surface area contributed by atoms with Gasteiger partial charge in [-0.3, -0.25) is 0 Å². The molecule has 18 heavy (non-hydrogen) atoms. The third-order valence-electron chi connectivity index (χ3n) is 2.75. The first kappa shape index (κ1) is 12.9. The Labute approximate surface area is 116 Å². The van der Waals surface area contributed by atoms with Gasteiger partial charge in [0.15, 0.2) is 0 Å². The van der Waals surface area contributed by atoms with E-state index in [1.807, 2.05) is 18.2 Å². The maximum Gasteiger partial charge on any atom is 0.119 e. The molecule has 0 aliphatic heterocycles. The highest BCUT2D eigenvalue weighted by Crippen LogP contribution is 2.26. The minimum atomic E-state index is 0.828. The van der Waals surface area contributed by atoms with E-state index in [-0.39, 0.29) is 0 Å². The molecule has 0 bridgehead atoms. The molecular formula is C16H15BrO. The Balaban J connectivity index is 2.45. The minimum absolute atomic E-state index is 0.828. The lowest BCUT2D eigenvalue weighted by atomic mass is 9.98. The zero-order valence-electron chi connectivity index (χ0n) is 10.3. The summed E-state index contributed by atoms with van der Waals surface area (Å²) >= 11 is 3.47. The summed E-state index contributed by atoms with van der Waals surface area (Å²) in [6, 6.07) is 18.5. The van der Waals surface area contributed by atoms with E-state index >= 15 is 0 Å². The maximum atomic E-state index is 5.28. The number of methoxy groups -OCH3 is 1. The highest BCUT2D eigenvalue weighted by Gasteiger charge is 2.05. The van der Waals surface area contributed by atoms with Gasteiger partial charge in [-0.05, 0) is 28.8 Å². The molecule has 0 spiro atoms. The van der Waals surface area contributed by atoms with Gasteiger partial charge in [0.25, 0.3) is 0 Å². The van der Waals surface area contributed by atoms with Crippen molar-refractivity contribution in [3.63, 3.8) is 0 Å². The average molecular weight is 303 g/mol. The van der Waals surface area contributed by atoms with Crippen LogP contribution in [0.4, 0.5) is 0 Å². The second kappa shape index (κ2) is 6.41. The van der Waals surface area contributed by atoms with Gasteiger partial charge < -0.3 is 4.74 Å². The summed E-state index contributed by atoms with van der Waals surface area (Å²) in [5, 5.41) is 0.828. The Morgan fingerprint density at radius 1 is 1.06 bits per heavy atom. The van der Waals surface area contributed by atoms with E-state index in [9.17, 15) is 0 Å². The topological polar surface area (TPSA) is 9.23 Å². The predicted octanol–water partition coefficient (Wildman–Crippen LogP) is 4.52. The first-order valence-corrected chi connectivity index (χ1v) is 6.93. The number of benzene rings is 2. The van der Waals surface area contributed by atoms with Crippen LogP contribution in [-0.4, -0.2) is 12.4 Å². The van der Waals surface area contributed by atoms with Crippen LogP contribution in [0.3, 0.4) is 0 Å². The molecule has 0 saturated heterocycles. The SMILES string of the molecule is COc1cccc(C(=CCBr)c2ccccc2)c1. The summed E-state index contributed by atoms with van der Waals surface area (Å²) in [5.74, 6) is 0.879. The highest BCUT2D eigenvalue weighted by atomic mass is 79.9. The van der Waals surface area contributed by atoms with Crippen LogP contribution in [-0.2, 0) is 0 Å². The van der Waals surface area contributed by atoms with Crippen molar-refractivity contribution < 1.29 is 4.74 Å². The van der Waals surface area contributed by atoms with Crippen LogP contribution in [0.25, 0.3) is 5.57 Å². The van der Waals surface area contributed by atoms with Gasteiger partial charge in [0.2, 0.25) is 0 Å². The van der Waals surface area contributed by atoms with E-state index < -0.39 is 0 Å². The number of hydrogen-bond acceptors (Lipinski definition) is 1. The van der Waals surface area contributed by atoms with Crippen molar-refractivity contribution in [2.75, 3.05) is 12.4 Å². The average Bonchev–Trinajstić information content (AvgIpc) is 2.46. The lowest BCUT2D eigenvalue weighted by molar-refractivity contribution is 0.414. The summed E-state index contributed by atoms with van der Waals surface area (Å²) in [6.07, 6.45) is 2.17. The summed E-state index contributed by atoms with van der Waals surface area (Å²) in [5.41, 5.74) is 3.59. The van der Waals surface area contributed by atoms with Gasteiger partial charge in [-0.1, -0.05) is 64.5 Å². The summed E-state index contributed by atoms with van der Waals surface area (Å²) in [4.78, 5) is 0. The third kappa shape index (κ3) is 3.02. The van der Waals surface area contributed by atoms with E-state index in [1.165, 1.54) is 16.7 Å². The van der Waals surface area contributed by atoms with Gasteiger partial charge in [-0.15, -0.1) is 0 Å². The number of hydrogen-bond donors (Lipinski definition) is 0. The van der Waals surface area contributed by atoms with Crippen molar-refractivity contribution in [3.05, 3.63) is 71.8 Å². The molecule has 0 heterocycles. The van der Waals surface area contributed by atoms with E-state index in [0.29, 0.717) is 0 Å². The van der Waals surface area contributed by atoms with Gasteiger partial charge >= 0.3 is 0 Å². The molecule has 2 aromatic carbocycles. The molecule has 0 saturated carbocycles. The molecule has 0 fully saturated rings. The Bertz CT molecular complexity index is 532. The Kier molecular flexibility index (Phi) is 4.59. The van der Waals surface area contributed by atoms with Gasteiger partial charge in [-0.2, -0.15) is 0 Å². The molecule has 0 radical (unpaired) electrons. The largest absolute Gasteiger partial charge is 0.497 e. The normalized spacial score (nSPS) is 11.3. The maximum absolute atomic E-state index is 5.28.